The van der Waals surface area contributed by atoms with Crippen molar-refractivity contribution < 1.29 is 13.5 Å². The van der Waals surface area contributed by atoms with Crippen LogP contribution in [0.15, 0.2) is 46.5 Å². The molecule has 0 amide bonds. The first-order chi connectivity index (χ1) is 12.6. The number of aliphatic hydroxyl groups is 1. The molecule has 1 heterocycles. The van der Waals surface area contributed by atoms with Gasteiger partial charge in [-0.1, -0.05) is 12.1 Å². The Morgan fingerprint density at radius 1 is 1.30 bits per heavy atom. The smallest absolute Gasteiger partial charge is 0.191 e. The molecule has 0 saturated heterocycles. The van der Waals surface area contributed by atoms with Gasteiger partial charge in [0.2, 0.25) is 0 Å². The van der Waals surface area contributed by atoms with Crippen LogP contribution in [0.4, 0.5) is 0 Å². The highest BCUT2D eigenvalue weighted by molar-refractivity contribution is 7.90. The first-order valence-electron chi connectivity index (χ1n) is 8.64. The van der Waals surface area contributed by atoms with Gasteiger partial charge in [0.1, 0.15) is 5.60 Å². The van der Waals surface area contributed by atoms with Crippen LogP contribution in [-0.2, 0) is 29.0 Å². The summed E-state index contributed by atoms with van der Waals surface area (Å²) >= 11 is 0. The van der Waals surface area contributed by atoms with E-state index >= 15 is 0 Å². The minimum Gasteiger partial charge on any atom is -0.383 e. The van der Waals surface area contributed by atoms with E-state index in [1.54, 1.807) is 55.3 Å². The molecule has 148 valence electrons. The molecule has 0 aliphatic rings. The molecule has 0 fully saturated rings. The van der Waals surface area contributed by atoms with Gasteiger partial charge in [-0.25, -0.2) is 13.4 Å². The third-order valence-electron chi connectivity index (χ3n) is 4.04. The number of nitrogens with zero attached hydrogens (tertiary/aromatic N) is 3. The van der Waals surface area contributed by atoms with E-state index in [4.69, 9.17) is 0 Å². The zero-order valence-corrected chi connectivity index (χ0v) is 16.9. The molecular formula is C18H27N5O3S. The molecule has 8 nitrogen and oxygen atoms in total. The molecule has 27 heavy (non-hydrogen) atoms. The zero-order valence-electron chi connectivity index (χ0n) is 16.1. The molecule has 1 atom stereocenters. The first-order valence-corrected chi connectivity index (χ1v) is 10.5. The van der Waals surface area contributed by atoms with Crippen molar-refractivity contribution in [3.05, 3.63) is 47.8 Å². The number of hydrogen-bond acceptors (Lipinski definition) is 5. The molecule has 1 aromatic carbocycles. The summed E-state index contributed by atoms with van der Waals surface area (Å²) in [6.45, 7) is 4.99. The predicted molar refractivity (Wildman–Crippen MR) is 105 cm³/mol. The van der Waals surface area contributed by atoms with Crippen LogP contribution >= 0.6 is 0 Å². The number of aromatic nitrogens is 2. The second-order valence-corrected chi connectivity index (χ2v) is 8.66. The fourth-order valence-corrected chi connectivity index (χ4v) is 3.04. The molecule has 1 aromatic heterocycles. The summed E-state index contributed by atoms with van der Waals surface area (Å²) in [5.74, 6) is 0.564. The van der Waals surface area contributed by atoms with E-state index in [1.165, 1.54) is 6.26 Å². The topological polar surface area (TPSA) is 109 Å². The van der Waals surface area contributed by atoms with Crippen LogP contribution in [0.25, 0.3) is 0 Å². The summed E-state index contributed by atoms with van der Waals surface area (Å²) in [6, 6.07) is 6.64. The van der Waals surface area contributed by atoms with E-state index < -0.39 is 15.4 Å². The van der Waals surface area contributed by atoms with Gasteiger partial charge in [0, 0.05) is 31.6 Å². The number of guanidine groups is 1. The van der Waals surface area contributed by atoms with Crippen molar-refractivity contribution in [2.75, 3.05) is 19.3 Å². The Balaban J connectivity index is 2.03. The molecule has 3 N–H and O–H groups in total. The van der Waals surface area contributed by atoms with Gasteiger partial charge in [-0.05, 0) is 31.5 Å². The second kappa shape index (κ2) is 8.53. The minimum atomic E-state index is -3.20. The van der Waals surface area contributed by atoms with Crippen molar-refractivity contribution in [2.45, 2.75) is 30.9 Å². The molecule has 0 radical (unpaired) electrons. The Bertz CT molecular complexity index is 886. The van der Waals surface area contributed by atoms with Crippen LogP contribution in [0.1, 0.15) is 25.0 Å². The molecule has 2 rings (SSSR count). The van der Waals surface area contributed by atoms with Gasteiger partial charge in [0.05, 0.1) is 24.2 Å². The third-order valence-corrected chi connectivity index (χ3v) is 5.17. The van der Waals surface area contributed by atoms with Crippen molar-refractivity contribution in [3.8, 4) is 0 Å². The van der Waals surface area contributed by atoms with Crippen molar-refractivity contribution in [1.82, 2.24) is 20.4 Å². The van der Waals surface area contributed by atoms with Gasteiger partial charge in [-0.2, -0.15) is 5.10 Å². The lowest BCUT2D eigenvalue weighted by atomic mass is 10.00. The molecule has 2 aromatic rings. The van der Waals surface area contributed by atoms with Crippen LogP contribution in [0, 0.1) is 0 Å². The maximum Gasteiger partial charge on any atom is 0.191 e. The summed E-state index contributed by atoms with van der Waals surface area (Å²) in [4.78, 5) is 4.78. The zero-order chi connectivity index (χ0) is 20.1. The van der Waals surface area contributed by atoms with Crippen molar-refractivity contribution >= 4 is 15.8 Å². The van der Waals surface area contributed by atoms with E-state index in [0.29, 0.717) is 24.6 Å². The quantitative estimate of drug-likeness (QED) is 0.474. The molecule has 9 heteroatoms. The number of hydrogen-bond donors (Lipinski definition) is 3. The molecule has 0 aliphatic heterocycles. The van der Waals surface area contributed by atoms with Gasteiger partial charge < -0.3 is 15.7 Å². The summed E-state index contributed by atoms with van der Waals surface area (Å²) in [5, 5.41) is 21.0. The van der Waals surface area contributed by atoms with E-state index in [1.807, 2.05) is 6.92 Å². The number of aryl methyl sites for hydroxylation is 1. The predicted octanol–water partition coefficient (Wildman–Crippen LogP) is 0.786. The number of aliphatic imine (C=N–C) groups is 1. The minimum absolute atomic E-state index is 0.261. The highest BCUT2D eigenvalue weighted by Crippen LogP contribution is 2.18. The molecule has 0 spiro atoms. The lowest BCUT2D eigenvalue weighted by Gasteiger charge is -2.23. The highest BCUT2D eigenvalue weighted by atomic mass is 32.2. The molecular weight excluding hydrogens is 366 g/mol. The van der Waals surface area contributed by atoms with Gasteiger partial charge >= 0.3 is 0 Å². The van der Waals surface area contributed by atoms with Gasteiger partial charge in [0.15, 0.2) is 15.8 Å². The monoisotopic (exact) mass is 393 g/mol. The fourth-order valence-electron chi connectivity index (χ4n) is 2.41. The van der Waals surface area contributed by atoms with E-state index in [-0.39, 0.29) is 11.4 Å². The van der Waals surface area contributed by atoms with Crippen LogP contribution < -0.4 is 10.6 Å². The molecule has 0 bridgehead atoms. The van der Waals surface area contributed by atoms with Gasteiger partial charge in [0.25, 0.3) is 0 Å². The molecule has 0 aliphatic carbocycles. The normalized spacial score (nSPS) is 14.6. The van der Waals surface area contributed by atoms with Gasteiger partial charge in [-0.3, -0.25) is 4.68 Å². The van der Waals surface area contributed by atoms with E-state index in [0.717, 1.165) is 5.56 Å². The SMILES string of the molecule is CCNC(=NCc1ccc(S(C)(=O)=O)cc1)NCC(C)(O)c1cnn(C)c1. The van der Waals surface area contributed by atoms with Crippen molar-refractivity contribution in [2.24, 2.45) is 12.0 Å². The second-order valence-electron chi connectivity index (χ2n) is 6.64. The van der Waals surface area contributed by atoms with Crippen LogP contribution in [0.5, 0.6) is 0 Å². The average Bonchev–Trinajstić information content (AvgIpc) is 3.04. The lowest BCUT2D eigenvalue weighted by Crippen LogP contribution is -2.44. The summed E-state index contributed by atoms with van der Waals surface area (Å²) in [7, 11) is -1.41. The Morgan fingerprint density at radius 3 is 2.48 bits per heavy atom. The average molecular weight is 394 g/mol. The first kappa shape index (κ1) is 20.9. The van der Waals surface area contributed by atoms with Crippen LogP contribution in [0.3, 0.4) is 0 Å². The maximum absolute atomic E-state index is 11.5. The van der Waals surface area contributed by atoms with Crippen molar-refractivity contribution in [1.29, 1.82) is 0 Å². The Labute approximate surface area is 160 Å². The Hall–Kier alpha value is -2.39. The summed E-state index contributed by atoms with van der Waals surface area (Å²) in [6.07, 6.45) is 4.59. The fraction of sp³-hybridized carbons (Fsp3) is 0.444. The van der Waals surface area contributed by atoms with Crippen LogP contribution in [-0.4, -0.2) is 48.6 Å². The summed E-state index contributed by atoms with van der Waals surface area (Å²) < 4.78 is 24.7. The maximum atomic E-state index is 11.5. The lowest BCUT2D eigenvalue weighted by molar-refractivity contribution is 0.0616. The number of nitrogens with one attached hydrogen (secondary N) is 2. The third kappa shape index (κ3) is 6.07. The standard InChI is InChI=1S/C18H27N5O3S/c1-5-19-17(21-13-18(2,24)15-11-22-23(3)12-15)20-10-14-6-8-16(9-7-14)27(4,25)26/h6-9,11-12,24H,5,10,13H2,1-4H3,(H2,19,20,21). The van der Waals surface area contributed by atoms with Crippen molar-refractivity contribution in [3.63, 3.8) is 0 Å². The van der Waals surface area contributed by atoms with E-state index in [2.05, 4.69) is 20.7 Å². The number of sulfone groups is 1. The summed E-state index contributed by atoms with van der Waals surface area (Å²) in [5.41, 5.74) is 0.505. The Morgan fingerprint density at radius 2 is 1.96 bits per heavy atom. The van der Waals surface area contributed by atoms with Crippen LogP contribution in [0.2, 0.25) is 0 Å². The highest BCUT2D eigenvalue weighted by Gasteiger charge is 2.24. The number of rotatable bonds is 7. The van der Waals surface area contributed by atoms with E-state index in [9.17, 15) is 13.5 Å². The number of benzene rings is 1. The molecule has 1 unspecified atom stereocenters. The van der Waals surface area contributed by atoms with Gasteiger partial charge in [-0.15, -0.1) is 0 Å². The molecule has 0 saturated carbocycles. The Kier molecular flexibility index (Phi) is 6.61. The largest absolute Gasteiger partial charge is 0.383 e.